The average molecular weight is 411 g/mol. The van der Waals surface area contributed by atoms with E-state index in [9.17, 15) is 14.4 Å². The van der Waals surface area contributed by atoms with Crippen LogP contribution in [0.3, 0.4) is 0 Å². The van der Waals surface area contributed by atoms with Gasteiger partial charge in [0.15, 0.2) is 0 Å². The third kappa shape index (κ3) is 3.30. The zero-order valence-electron chi connectivity index (χ0n) is 17.6. The molecule has 1 aromatic carbocycles. The summed E-state index contributed by atoms with van der Waals surface area (Å²) in [5, 5.41) is 2.94. The number of anilines is 1. The standard InChI is InChI=1S/C24H30N2O4/c1-30-22(28)18-4-6-19(7-5-18)25-21(27)20-3-2-8-26(20)23(29)24-12-15-9-16(13-24)11-17(10-15)14-24/h4-7,15-17,20H,2-3,8-14H2,1H3,(H,25,27). The number of methoxy groups -OCH3 is 1. The lowest BCUT2D eigenvalue weighted by atomic mass is 9.49. The van der Waals surface area contributed by atoms with E-state index in [0.717, 1.165) is 25.7 Å². The number of rotatable bonds is 4. The molecule has 1 heterocycles. The molecule has 5 fully saturated rings. The number of nitrogens with zero attached hydrogens (tertiary/aromatic N) is 1. The molecular formula is C24H30N2O4. The van der Waals surface area contributed by atoms with Gasteiger partial charge in [-0.05, 0) is 93.4 Å². The first kappa shape index (κ1) is 19.6. The minimum absolute atomic E-state index is 0.128. The molecule has 160 valence electrons. The lowest BCUT2D eigenvalue weighted by Gasteiger charge is -2.56. The maximum atomic E-state index is 13.7. The Labute approximate surface area is 177 Å². The minimum Gasteiger partial charge on any atom is -0.465 e. The van der Waals surface area contributed by atoms with Crippen molar-refractivity contribution in [1.82, 2.24) is 4.90 Å². The fourth-order valence-electron chi connectivity index (χ4n) is 6.99. The first-order valence-electron chi connectivity index (χ1n) is 11.3. The molecule has 2 amide bonds. The molecule has 4 bridgehead atoms. The van der Waals surface area contributed by atoms with E-state index in [1.807, 2.05) is 4.90 Å². The molecule has 6 nitrogen and oxygen atoms in total. The highest BCUT2D eigenvalue weighted by Crippen LogP contribution is 2.60. The molecule has 1 aliphatic heterocycles. The van der Waals surface area contributed by atoms with Crippen LogP contribution in [0.25, 0.3) is 0 Å². The van der Waals surface area contributed by atoms with Crippen molar-refractivity contribution in [3.05, 3.63) is 29.8 Å². The van der Waals surface area contributed by atoms with Crippen molar-refractivity contribution in [2.24, 2.45) is 23.2 Å². The van der Waals surface area contributed by atoms with Crippen LogP contribution in [-0.2, 0) is 14.3 Å². The molecule has 6 heteroatoms. The van der Waals surface area contributed by atoms with Gasteiger partial charge in [-0.25, -0.2) is 4.79 Å². The van der Waals surface area contributed by atoms with E-state index in [-0.39, 0.29) is 17.2 Å². The first-order valence-corrected chi connectivity index (χ1v) is 11.3. The quantitative estimate of drug-likeness (QED) is 0.770. The molecule has 0 aromatic heterocycles. The van der Waals surface area contributed by atoms with Crippen LogP contribution in [0.4, 0.5) is 5.69 Å². The van der Waals surface area contributed by atoms with Crippen LogP contribution in [0.2, 0.25) is 0 Å². The highest BCUT2D eigenvalue weighted by Gasteiger charge is 2.56. The summed E-state index contributed by atoms with van der Waals surface area (Å²) in [5.74, 6) is 1.84. The van der Waals surface area contributed by atoms with Crippen LogP contribution in [0, 0.1) is 23.2 Å². The number of carbonyl (C=O) groups excluding carboxylic acids is 3. The number of hydrogen-bond donors (Lipinski definition) is 1. The maximum absolute atomic E-state index is 13.7. The molecule has 1 saturated heterocycles. The summed E-state index contributed by atoms with van der Waals surface area (Å²) >= 11 is 0. The Bertz CT molecular complexity index is 827. The molecule has 0 radical (unpaired) electrons. The molecule has 1 atom stereocenters. The Morgan fingerprint density at radius 3 is 2.17 bits per heavy atom. The van der Waals surface area contributed by atoms with Crippen LogP contribution in [0.5, 0.6) is 0 Å². The van der Waals surface area contributed by atoms with Gasteiger partial charge in [-0.15, -0.1) is 0 Å². The number of esters is 1. The summed E-state index contributed by atoms with van der Waals surface area (Å²) in [6.45, 7) is 0.681. The molecule has 0 spiro atoms. The van der Waals surface area contributed by atoms with Gasteiger partial charge in [0.05, 0.1) is 18.1 Å². The zero-order chi connectivity index (χ0) is 20.9. The maximum Gasteiger partial charge on any atom is 0.337 e. The SMILES string of the molecule is COC(=O)c1ccc(NC(=O)C2CCCN2C(=O)C23CC4CC(CC(C4)C2)C3)cc1. The molecule has 4 aliphatic carbocycles. The predicted molar refractivity (Wildman–Crippen MR) is 112 cm³/mol. The van der Waals surface area contributed by atoms with Gasteiger partial charge >= 0.3 is 5.97 Å². The fourth-order valence-corrected chi connectivity index (χ4v) is 6.99. The van der Waals surface area contributed by atoms with Crippen molar-refractivity contribution in [2.75, 3.05) is 19.0 Å². The van der Waals surface area contributed by atoms with Gasteiger partial charge in [-0.1, -0.05) is 0 Å². The van der Waals surface area contributed by atoms with E-state index in [0.29, 0.717) is 42.0 Å². The number of benzene rings is 1. The number of ether oxygens (including phenoxy) is 1. The molecule has 1 aromatic rings. The van der Waals surface area contributed by atoms with Crippen LogP contribution < -0.4 is 5.32 Å². The van der Waals surface area contributed by atoms with Crippen molar-refractivity contribution >= 4 is 23.5 Å². The van der Waals surface area contributed by atoms with Gasteiger partial charge in [-0.2, -0.15) is 0 Å². The van der Waals surface area contributed by atoms with E-state index < -0.39 is 12.0 Å². The number of hydrogen-bond acceptors (Lipinski definition) is 4. The van der Waals surface area contributed by atoms with Gasteiger partial charge in [0.1, 0.15) is 6.04 Å². The van der Waals surface area contributed by atoms with Gasteiger partial charge in [-0.3, -0.25) is 9.59 Å². The Balaban J connectivity index is 1.28. The number of amides is 2. The van der Waals surface area contributed by atoms with E-state index in [1.165, 1.54) is 26.4 Å². The third-order valence-electron chi connectivity index (χ3n) is 7.88. The zero-order valence-corrected chi connectivity index (χ0v) is 17.6. The normalized spacial score (nSPS) is 34.1. The van der Waals surface area contributed by atoms with Crippen molar-refractivity contribution in [3.8, 4) is 0 Å². The topological polar surface area (TPSA) is 75.7 Å². The summed E-state index contributed by atoms with van der Waals surface area (Å²) in [6.07, 6.45) is 8.57. The lowest BCUT2D eigenvalue weighted by molar-refractivity contribution is -0.160. The third-order valence-corrected chi connectivity index (χ3v) is 7.88. The Morgan fingerprint density at radius 2 is 1.60 bits per heavy atom. The summed E-state index contributed by atoms with van der Waals surface area (Å²) in [5.41, 5.74) is 0.858. The largest absolute Gasteiger partial charge is 0.465 e. The van der Waals surface area contributed by atoms with Crippen molar-refractivity contribution < 1.29 is 19.1 Å². The monoisotopic (exact) mass is 410 g/mol. The Kier molecular flexibility index (Phi) is 4.83. The van der Waals surface area contributed by atoms with E-state index in [4.69, 9.17) is 4.74 Å². The highest BCUT2D eigenvalue weighted by atomic mass is 16.5. The fraction of sp³-hybridized carbons (Fsp3) is 0.625. The van der Waals surface area contributed by atoms with Crippen LogP contribution in [0.1, 0.15) is 61.7 Å². The second-order valence-electron chi connectivity index (χ2n) is 9.91. The summed E-state index contributed by atoms with van der Waals surface area (Å²) in [7, 11) is 1.34. The Morgan fingerprint density at radius 1 is 1.00 bits per heavy atom. The molecular weight excluding hydrogens is 380 g/mol. The van der Waals surface area contributed by atoms with Gasteiger partial charge in [0.25, 0.3) is 0 Å². The molecule has 1 unspecified atom stereocenters. The molecule has 4 saturated carbocycles. The van der Waals surface area contributed by atoms with Gasteiger partial charge in [0, 0.05) is 12.2 Å². The highest BCUT2D eigenvalue weighted by molar-refractivity contribution is 5.99. The summed E-state index contributed by atoms with van der Waals surface area (Å²) in [4.78, 5) is 40.2. The second kappa shape index (κ2) is 7.40. The minimum atomic E-state index is -0.406. The molecule has 30 heavy (non-hydrogen) atoms. The van der Waals surface area contributed by atoms with Crippen LogP contribution in [-0.4, -0.2) is 42.4 Å². The Hall–Kier alpha value is -2.37. The number of nitrogens with one attached hydrogen (secondary N) is 1. The van der Waals surface area contributed by atoms with Gasteiger partial charge in [0.2, 0.25) is 11.8 Å². The average Bonchev–Trinajstić information content (AvgIpc) is 3.22. The summed E-state index contributed by atoms with van der Waals surface area (Å²) in [6, 6.07) is 6.27. The van der Waals surface area contributed by atoms with Gasteiger partial charge < -0.3 is 15.0 Å². The smallest absolute Gasteiger partial charge is 0.337 e. The van der Waals surface area contributed by atoms with Crippen LogP contribution >= 0.6 is 0 Å². The van der Waals surface area contributed by atoms with Crippen molar-refractivity contribution in [2.45, 2.75) is 57.4 Å². The predicted octanol–water partition coefficient (Wildman–Crippen LogP) is 3.62. The van der Waals surface area contributed by atoms with E-state index in [1.54, 1.807) is 24.3 Å². The van der Waals surface area contributed by atoms with E-state index >= 15 is 0 Å². The van der Waals surface area contributed by atoms with Crippen molar-refractivity contribution in [3.63, 3.8) is 0 Å². The first-order chi connectivity index (χ1) is 14.5. The number of likely N-dealkylation sites (tertiary alicyclic amines) is 1. The number of carbonyl (C=O) groups is 3. The molecule has 1 N–H and O–H groups in total. The van der Waals surface area contributed by atoms with E-state index in [2.05, 4.69) is 5.32 Å². The molecule has 6 rings (SSSR count). The van der Waals surface area contributed by atoms with Crippen LogP contribution in [0.15, 0.2) is 24.3 Å². The lowest BCUT2D eigenvalue weighted by Crippen LogP contribution is -2.56. The second-order valence-corrected chi connectivity index (χ2v) is 9.91. The molecule has 5 aliphatic rings. The van der Waals surface area contributed by atoms with Crippen molar-refractivity contribution in [1.29, 1.82) is 0 Å². The summed E-state index contributed by atoms with van der Waals surface area (Å²) < 4.78 is 4.71.